The molecule has 1 heterocycles. The molecule has 138 valence electrons. The van der Waals surface area contributed by atoms with Crippen molar-refractivity contribution < 1.29 is 4.79 Å². The Bertz CT molecular complexity index is 922. The van der Waals surface area contributed by atoms with E-state index < -0.39 is 0 Å². The molecular formula is C21H22N4OS. The lowest BCUT2D eigenvalue weighted by Gasteiger charge is -2.20. The van der Waals surface area contributed by atoms with Gasteiger partial charge in [-0.25, -0.2) is 9.67 Å². The van der Waals surface area contributed by atoms with E-state index in [1.807, 2.05) is 72.3 Å². The van der Waals surface area contributed by atoms with E-state index >= 15 is 0 Å². The van der Waals surface area contributed by atoms with Gasteiger partial charge < -0.3 is 4.90 Å². The van der Waals surface area contributed by atoms with Gasteiger partial charge in [0.1, 0.15) is 5.82 Å². The van der Waals surface area contributed by atoms with Crippen LogP contribution in [0, 0.1) is 0 Å². The number of carbonyl (C=O) groups is 1. The first-order valence-corrected chi connectivity index (χ1v) is 10.0. The average molecular weight is 379 g/mol. The third-order valence-corrected chi connectivity index (χ3v) is 5.60. The topological polar surface area (TPSA) is 51.0 Å². The van der Waals surface area contributed by atoms with Gasteiger partial charge in [0, 0.05) is 18.7 Å². The standard InChI is InChI=1S/C21H22N4OS/c1-15(20(26)24(2)17-9-5-3-6-10-17)27-21-22-19(16-13-14-16)25(23-21)18-11-7-4-8-12-18/h3-12,15-16H,13-14H2,1-2H3/t15-/m0/s1. The number of para-hydroxylation sites is 2. The summed E-state index contributed by atoms with van der Waals surface area (Å²) in [5.41, 5.74) is 1.90. The van der Waals surface area contributed by atoms with Crippen LogP contribution >= 0.6 is 11.8 Å². The van der Waals surface area contributed by atoms with Crippen molar-refractivity contribution in [3.05, 3.63) is 66.5 Å². The predicted molar refractivity (Wildman–Crippen MR) is 109 cm³/mol. The Balaban J connectivity index is 1.53. The van der Waals surface area contributed by atoms with Crippen LogP contribution in [0.15, 0.2) is 65.8 Å². The van der Waals surface area contributed by atoms with Crippen molar-refractivity contribution in [2.75, 3.05) is 11.9 Å². The second-order valence-electron chi connectivity index (χ2n) is 6.77. The number of benzene rings is 2. The lowest BCUT2D eigenvalue weighted by Crippen LogP contribution is -2.33. The van der Waals surface area contributed by atoms with Crippen LogP contribution in [-0.2, 0) is 4.79 Å². The zero-order valence-corrected chi connectivity index (χ0v) is 16.3. The highest BCUT2D eigenvalue weighted by atomic mass is 32.2. The highest BCUT2D eigenvalue weighted by Crippen LogP contribution is 2.40. The minimum absolute atomic E-state index is 0.0373. The van der Waals surface area contributed by atoms with E-state index in [1.54, 1.807) is 11.9 Å². The first kappa shape index (κ1) is 17.8. The fourth-order valence-electron chi connectivity index (χ4n) is 2.98. The van der Waals surface area contributed by atoms with Gasteiger partial charge in [-0.15, -0.1) is 5.10 Å². The lowest BCUT2D eigenvalue weighted by atomic mass is 10.3. The first-order chi connectivity index (χ1) is 13.1. The van der Waals surface area contributed by atoms with Crippen LogP contribution in [0.5, 0.6) is 0 Å². The number of aromatic nitrogens is 3. The summed E-state index contributed by atoms with van der Waals surface area (Å²) in [4.78, 5) is 19.2. The Morgan fingerprint density at radius 2 is 1.74 bits per heavy atom. The van der Waals surface area contributed by atoms with Gasteiger partial charge in [-0.1, -0.05) is 48.2 Å². The van der Waals surface area contributed by atoms with Gasteiger partial charge in [0.05, 0.1) is 10.9 Å². The van der Waals surface area contributed by atoms with Gasteiger partial charge in [-0.05, 0) is 44.0 Å². The van der Waals surface area contributed by atoms with Gasteiger partial charge in [-0.3, -0.25) is 4.79 Å². The Morgan fingerprint density at radius 1 is 1.11 bits per heavy atom. The van der Waals surface area contributed by atoms with Crippen molar-refractivity contribution in [3.63, 3.8) is 0 Å². The molecule has 0 aliphatic heterocycles. The maximum Gasteiger partial charge on any atom is 0.240 e. The molecule has 0 N–H and O–H groups in total. The first-order valence-electron chi connectivity index (χ1n) is 9.15. The van der Waals surface area contributed by atoms with Crippen LogP contribution in [0.4, 0.5) is 5.69 Å². The van der Waals surface area contributed by atoms with E-state index in [0.717, 1.165) is 30.0 Å². The van der Waals surface area contributed by atoms with Crippen molar-refractivity contribution in [2.24, 2.45) is 0 Å². The highest BCUT2D eigenvalue weighted by molar-refractivity contribution is 8.00. The Hall–Kier alpha value is -2.60. The number of rotatable bonds is 6. The molecule has 0 saturated heterocycles. The Kier molecular flexibility index (Phi) is 4.99. The summed E-state index contributed by atoms with van der Waals surface area (Å²) >= 11 is 1.42. The van der Waals surface area contributed by atoms with Crippen molar-refractivity contribution in [2.45, 2.75) is 36.1 Å². The van der Waals surface area contributed by atoms with E-state index in [-0.39, 0.29) is 11.2 Å². The van der Waals surface area contributed by atoms with Crippen LogP contribution in [0.2, 0.25) is 0 Å². The van der Waals surface area contributed by atoms with Gasteiger partial charge in [-0.2, -0.15) is 0 Å². The van der Waals surface area contributed by atoms with Crippen molar-refractivity contribution in [3.8, 4) is 5.69 Å². The molecule has 0 spiro atoms. The molecule has 0 radical (unpaired) electrons. The van der Waals surface area contributed by atoms with E-state index in [2.05, 4.69) is 0 Å². The summed E-state index contributed by atoms with van der Waals surface area (Å²) in [6.07, 6.45) is 2.31. The van der Waals surface area contributed by atoms with E-state index in [1.165, 1.54) is 11.8 Å². The molecule has 2 aromatic carbocycles. The normalized spacial score (nSPS) is 14.7. The van der Waals surface area contributed by atoms with Gasteiger partial charge in [0.15, 0.2) is 0 Å². The number of amides is 1. The Morgan fingerprint density at radius 3 is 2.37 bits per heavy atom. The van der Waals surface area contributed by atoms with Gasteiger partial charge in [0.2, 0.25) is 11.1 Å². The molecule has 1 saturated carbocycles. The molecule has 5 nitrogen and oxygen atoms in total. The summed E-state index contributed by atoms with van der Waals surface area (Å²) in [6.45, 7) is 1.91. The van der Waals surface area contributed by atoms with Crippen molar-refractivity contribution in [1.29, 1.82) is 0 Å². The number of carbonyl (C=O) groups excluding carboxylic acids is 1. The average Bonchev–Trinajstić information content (AvgIpc) is 3.48. The number of anilines is 1. The maximum absolute atomic E-state index is 12.8. The van der Waals surface area contributed by atoms with E-state index in [4.69, 9.17) is 10.1 Å². The molecule has 6 heteroatoms. The van der Waals surface area contributed by atoms with Crippen molar-refractivity contribution in [1.82, 2.24) is 14.8 Å². The van der Waals surface area contributed by atoms with Crippen LogP contribution in [0.3, 0.4) is 0 Å². The second-order valence-corrected chi connectivity index (χ2v) is 8.08. The zero-order valence-electron chi connectivity index (χ0n) is 15.4. The summed E-state index contributed by atoms with van der Waals surface area (Å²) in [6, 6.07) is 19.7. The van der Waals surface area contributed by atoms with E-state index in [9.17, 15) is 4.79 Å². The van der Waals surface area contributed by atoms with Gasteiger partial charge in [0.25, 0.3) is 0 Å². The van der Waals surface area contributed by atoms with E-state index in [0.29, 0.717) is 11.1 Å². The molecule has 4 rings (SSSR count). The van der Waals surface area contributed by atoms with Gasteiger partial charge >= 0.3 is 0 Å². The predicted octanol–water partition coefficient (Wildman–Crippen LogP) is 4.29. The Labute approximate surface area is 163 Å². The largest absolute Gasteiger partial charge is 0.315 e. The molecule has 1 aliphatic carbocycles. The molecule has 1 aromatic heterocycles. The van der Waals surface area contributed by atoms with Crippen LogP contribution in [-0.4, -0.2) is 33.0 Å². The van der Waals surface area contributed by atoms with Crippen molar-refractivity contribution >= 4 is 23.4 Å². The summed E-state index contributed by atoms with van der Waals surface area (Å²) in [5.74, 6) is 1.51. The summed E-state index contributed by atoms with van der Waals surface area (Å²) in [5, 5.41) is 5.08. The summed E-state index contributed by atoms with van der Waals surface area (Å²) in [7, 11) is 1.81. The minimum atomic E-state index is -0.270. The molecule has 0 unspecified atom stereocenters. The molecule has 1 atom stereocenters. The molecule has 1 aliphatic rings. The third-order valence-electron chi connectivity index (χ3n) is 4.66. The SMILES string of the molecule is C[C@H](Sc1nc(C2CC2)n(-c2ccccc2)n1)C(=O)N(C)c1ccccc1. The van der Waals surface area contributed by atoms with Crippen LogP contribution in [0.25, 0.3) is 5.69 Å². The van der Waals surface area contributed by atoms with Crippen LogP contribution < -0.4 is 4.90 Å². The highest BCUT2D eigenvalue weighted by Gasteiger charge is 2.31. The fraction of sp³-hybridized carbons (Fsp3) is 0.286. The maximum atomic E-state index is 12.8. The molecular weight excluding hydrogens is 356 g/mol. The molecule has 0 bridgehead atoms. The number of nitrogens with zero attached hydrogens (tertiary/aromatic N) is 4. The summed E-state index contributed by atoms with van der Waals surface area (Å²) < 4.78 is 1.93. The lowest BCUT2D eigenvalue weighted by molar-refractivity contribution is -0.117. The molecule has 1 amide bonds. The third kappa shape index (κ3) is 3.90. The number of hydrogen-bond donors (Lipinski definition) is 0. The molecule has 1 fully saturated rings. The quantitative estimate of drug-likeness (QED) is 0.601. The fourth-order valence-corrected chi connectivity index (χ4v) is 3.83. The monoisotopic (exact) mass is 378 g/mol. The number of hydrogen-bond acceptors (Lipinski definition) is 4. The zero-order chi connectivity index (χ0) is 18.8. The second kappa shape index (κ2) is 7.56. The molecule has 3 aromatic rings. The minimum Gasteiger partial charge on any atom is -0.315 e. The number of thioether (sulfide) groups is 1. The molecule has 27 heavy (non-hydrogen) atoms. The van der Waals surface area contributed by atoms with Crippen LogP contribution in [0.1, 0.15) is 31.5 Å². The smallest absolute Gasteiger partial charge is 0.240 e.